The molecule has 0 spiro atoms. The third kappa shape index (κ3) is 2.75. The van der Waals surface area contributed by atoms with Gasteiger partial charge in [-0.1, -0.05) is 18.2 Å². The fraction of sp³-hybridized carbons (Fsp3) is 0.250. The minimum atomic E-state index is 0.499. The van der Waals surface area contributed by atoms with Gasteiger partial charge in [-0.25, -0.2) is 4.98 Å². The van der Waals surface area contributed by atoms with E-state index in [-0.39, 0.29) is 0 Å². The van der Waals surface area contributed by atoms with Crippen molar-refractivity contribution >= 4 is 17.2 Å². The monoisotopic (exact) mass is 279 g/mol. The number of rotatable bonds is 2. The van der Waals surface area contributed by atoms with Crippen molar-refractivity contribution in [2.45, 2.75) is 0 Å². The third-order valence-electron chi connectivity index (χ3n) is 3.72. The average molecular weight is 279 g/mol. The summed E-state index contributed by atoms with van der Waals surface area (Å²) in [5.41, 5.74) is 8.32. The zero-order valence-electron chi connectivity index (χ0n) is 11.7. The van der Waals surface area contributed by atoms with Crippen molar-refractivity contribution in [2.75, 3.05) is 41.7 Å². The van der Waals surface area contributed by atoms with Crippen molar-refractivity contribution < 1.29 is 0 Å². The zero-order chi connectivity index (χ0) is 14.7. The van der Waals surface area contributed by atoms with E-state index in [2.05, 4.69) is 45.1 Å². The van der Waals surface area contributed by atoms with Crippen LogP contribution >= 0.6 is 0 Å². The number of anilines is 3. The SMILES string of the molecule is N#Cc1cnc(N2CCN(c3ccccc3)CC2)c(N)c1. The molecule has 0 saturated carbocycles. The van der Waals surface area contributed by atoms with Crippen LogP contribution in [0.2, 0.25) is 0 Å². The first kappa shape index (κ1) is 13.3. The first-order chi connectivity index (χ1) is 10.3. The number of piperazine rings is 1. The maximum Gasteiger partial charge on any atom is 0.151 e. The van der Waals surface area contributed by atoms with Crippen LogP contribution in [0.3, 0.4) is 0 Å². The van der Waals surface area contributed by atoms with Gasteiger partial charge >= 0.3 is 0 Å². The highest BCUT2D eigenvalue weighted by Gasteiger charge is 2.19. The van der Waals surface area contributed by atoms with Crippen LogP contribution in [0.4, 0.5) is 17.2 Å². The first-order valence-electron chi connectivity index (χ1n) is 6.98. The summed E-state index contributed by atoms with van der Waals surface area (Å²) in [7, 11) is 0. The average Bonchev–Trinajstić information content (AvgIpc) is 2.56. The van der Waals surface area contributed by atoms with Crippen molar-refractivity contribution in [1.29, 1.82) is 5.26 Å². The van der Waals surface area contributed by atoms with E-state index in [0.29, 0.717) is 11.3 Å². The molecule has 106 valence electrons. The van der Waals surface area contributed by atoms with Crippen molar-refractivity contribution in [2.24, 2.45) is 0 Å². The van der Waals surface area contributed by atoms with E-state index < -0.39 is 0 Å². The Bertz CT molecular complexity index is 654. The molecule has 0 atom stereocenters. The van der Waals surface area contributed by atoms with Gasteiger partial charge in [0.2, 0.25) is 0 Å². The normalized spacial score (nSPS) is 14.8. The van der Waals surface area contributed by atoms with E-state index in [0.717, 1.165) is 32.0 Å². The van der Waals surface area contributed by atoms with Crippen LogP contribution in [0.1, 0.15) is 5.56 Å². The summed E-state index contributed by atoms with van der Waals surface area (Å²) in [4.78, 5) is 8.86. The van der Waals surface area contributed by atoms with Gasteiger partial charge in [0.25, 0.3) is 0 Å². The molecule has 21 heavy (non-hydrogen) atoms. The number of aromatic nitrogens is 1. The molecule has 0 bridgehead atoms. The Labute approximate surface area is 124 Å². The Balaban J connectivity index is 1.70. The lowest BCUT2D eigenvalue weighted by Crippen LogP contribution is -2.47. The molecule has 1 aromatic heterocycles. The van der Waals surface area contributed by atoms with Crippen LogP contribution in [-0.4, -0.2) is 31.2 Å². The largest absolute Gasteiger partial charge is 0.396 e. The predicted molar refractivity (Wildman–Crippen MR) is 84.2 cm³/mol. The quantitative estimate of drug-likeness (QED) is 0.908. The van der Waals surface area contributed by atoms with Crippen molar-refractivity contribution in [3.63, 3.8) is 0 Å². The molecule has 0 amide bonds. The molecule has 1 aliphatic heterocycles. The molecule has 3 rings (SSSR count). The number of nitrogens with zero attached hydrogens (tertiary/aromatic N) is 4. The van der Waals surface area contributed by atoms with Gasteiger partial charge < -0.3 is 15.5 Å². The zero-order valence-corrected chi connectivity index (χ0v) is 11.7. The molecule has 0 radical (unpaired) electrons. The number of nitriles is 1. The molecule has 2 aromatic rings. The molecular weight excluding hydrogens is 262 g/mol. The summed E-state index contributed by atoms with van der Waals surface area (Å²) < 4.78 is 0. The van der Waals surface area contributed by atoms with Crippen LogP contribution in [0.25, 0.3) is 0 Å². The van der Waals surface area contributed by atoms with E-state index in [4.69, 9.17) is 11.0 Å². The highest BCUT2D eigenvalue weighted by Crippen LogP contribution is 2.23. The lowest BCUT2D eigenvalue weighted by atomic mass is 10.2. The Morgan fingerprint density at radius 2 is 1.71 bits per heavy atom. The second-order valence-electron chi connectivity index (χ2n) is 5.06. The number of pyridine rings is 1. The van der Waals surface area contributed by atoms with Crippen molar-refractivity contribution in [3.05, 3.63) is 48.2 Å². The number of hydrogen-bond donors (Lipinski definition) is 1. The summed E-state index contributed by atoms with van der Waals surface area (Å²) in [6.45, 7) is 3.62. The smallest absolute Gasteiger partial charge is 0.151 e. The highest BCUT2D eigenvalue weighted by atomic mass is 15.3. The first-order valence-corrected chi connectivity index (χ1v) is 6.98. The fourth-order valence-corrected chi connectivity index (χ4v) is 2.62. The molecule has 0 aliphatic carbocycles. The van der Waals surface area contributed by atoms with Gasteiger partial charge in [0, 0.05) is 38.1 Å². The van der Waals surface area contributed by atoms with Crippen LogP contribution in [0.15, 0.2) is 42.6 Å². The van der Waals surface area contributed by atoms with Crippen molar-refractivity contribution in [3.8, 4) is 6.07 Å². The number of nitrogens with two attached hydrogens (primary N) is 1. The summed E-state index contributed by atoms with van der Waals surface area (Å²) in [6, 6.07) is 14.1. The number of hydrogen-bond acceptors (Lipinski definition) is 5. The van der Waals surface area contributed by atoms with Gasteiger partial charge in [0.15, 0.2) is 5.82 Å². The highest BCUT2D eigenvalue weighted by molar-refractivity contribution is 5.65. The number of benzene rings is 1. The standard InChI is InChI=1S/C16H17N5/c17-11-13-10-15(18)16(19-12-13)21-8-6-20(7-9-21)14-4-2-1-3-5-14/h1-5,10,12H,6-9,18H2. The van der Waals surface area contributed by atoms with Gasteiger partial charge in [-0.2, -0.15) is 5.26 Å². The Morgan fingerprint density at radius 3 is 2.33 bits per heavy atom. The fourth-order valence-electron chi connectivity index (χ4n) is 2.62. The van der Waals surface area contributed by atoms with Gasteiger partial charge in [-0.15, -0.1) is 0 Å². The summed E-state index contributed by atoms with van der Waals surface area (Å²) in [6.07, 6.45) is 1.58. The van der Waals surface area contributed by atoms with E-state index in [9.17, 15) is 0 Å². The van der Waals surface area contributed by atoms with Crippen molar-refractivity contribution in [1.82, 2.24) is 4.98 Å². The van der Waals surface area contributed by atoms with Gasteiger partial charge in [0.1, 0.15) is 6.07 Å². The summed E-state index contributed by atoms with van der Waals surface area (Å²) in [5, 5.41) is 8.86. The van der Waals surface area contributed by atoms with E-state index in [1.807, 2.05) is 6.07 Å². The molecule has 5 nitrogen and oxygen atoms in total. The molecule has 1 aromatic carbocycles. The van der Waals surface area contributed by atoms with E-state index >= 15 is 0 Å². The molecule has 1 saturated heterocycles. The number of nitrogen functional groups attached to an aromatic ring is 1. The maximum atomic E-state index is 8.86. The van der Waals surface area contributed by atoms with Crippen LogP contribution in [0.5, 0.6) is 0 Å². The second-order valence-corrected chi connectivity index (χ2v) is 5.06. The molecule has 2 N–H and O–H groups in total. The van der Waals surface area contributed by atoms with Crippen LogP contribution in [0, 0.1) is 11.3 Å². The topological polar surface area (TPSA) is 69.2 Å². The Morgan fingerprint density at radius 1 is 1.05 bits per heavy atom. The molecule has 5 heteroatoms. The molecule has 1 fully saturated rings. The lowest BCUT2D eigenvalue weighted by Gasteiger charge is -2.37. The van der Waals surface area contributed by atoms with Gasteiger partial charge in [0.05, 0.1) is 11.3 Å². The molecule has 2 heterocycles. The summed E-state index contributed by atoms with van der Waals surface area (Å²) >= 11 is 0. The summed E-state index contributed by atoms with van der Waals surface area (Å²) in [5.74, 6) is 0.779. The van der Waals surface area contributed by atoms with Gasteiger partial charge in [-0.3, -0.25) is 0 Å². The van der Waals surface area contributed by atoms with Crippen LogP contribution in [-0.2, 0) is 0 Å². The minimum Gasteiger partial charge on any atom is -0.396 e. The van der Waals surface area contributed by atoms with E-state index in [1.165, 1.54) is 5.69 Å². The molecule has 0 unspecified atom stereocenters. The maximum absolute atomic E-state index is 8.86. The lowest BCUT2D eigenvalue weighted by molar-refractivity contribution is 0.648. The van der Waals surface area contributed by atoms with Gasteiger partial charge in [-0.05, 0) is 18.2 Å². The van der Waals surface area contributed by atoms with Crippen LogP contribution < -0.4 is 15.5 Å². The predicted octanol–water partition coefficient (Wildman–Crippen LogP) is 1.86. The Kier molecular flexibility index (Phi) is 3.61. The molecule has 1 aliphatic rings. The second kappa shape index (κ2) is 5.71. The minimum absolute atomic E-state index is 0.499. The van der Waals surface area contributed by atoms with E-state index in [1.54, 1.807) is 12.3 Å². The molecular formula is C16H17N5. The number of para-hydroxylation sites is 1. The third-order valence-corrected chi connectivity index (χ3v) is 3.72. The Hall–Kier alpha value is -2.74.